The molecule has 9 heteroatoms. The van der Waals surface area contributed by atoms with E-state index in [2.05, 4.69) is 25.7 Å². The Labute approximate surface area is 171 Å². The number of anilines is 2. The van der Waals surface area contributed by atoms with Gasteiger partial charge in [0, 0.05) is 23.3 Å². The van der Waals surface area contributed by atoms with Crippen LogP contribution < -0.4 is 20.9 Å². The van der Waals surface area contributed by atoms with Gasteiger partial charge in [0.05, 0.1) is 19.3 Å². The average Bonchev–Trinajstić information content (AvgIpc) is 3.15. The maximum Gasteiger partial charge on any atom is 0.274 e. The Hall–Kier alpha value is -3.52. The summed E-state index contributed by atoms with van der Waals surface area (Å²) in [6.45, 7) is 0.926. The van der Waals surface area contributed by atoms with Gasteiger partial charge in [-0.2, -0.15) is 9.50 Å². The van der Waals surface area contributed by atoms with E-state index in [0.29, 0.717) is 35.5 Å². The number of aromatic nitrogens is 4. The number of rotatable bonds is 7. The molecule has 0 unspecified atom stereocenters. The third-order valence-corrected chi connectivity index (χ3v) is 4.54. The molecule has 0 radical (unpaired) electrons. The van der Waals surface area contributed by atoms with Gasteiger partial charge in [-0.15, -0.1) is 0 Å². The molecule has 0 amide bonds. The number of ether oxygens (including phenoxy) is 1. The first-order chi connectivity index (χ1) is 14.1. The van der Waals surface area contributed by atoms with Crippen LogP contribution in [0.5, 0.6) is 5.75 Å². The van der Waals surface area contributed by atoms with Gasteiger partial charge in [0.25, 0.3) is 11.3 Å². The fourth-order valence-corrected chi connectivity index (χ4v) is 3.01. The highest BCUT2D eigenvalue weighted by Gasteiger charge is 2.08. The Morgan fingerprint density at radius 1 is 1.07 bits per heavy atom. The van der Waals surface area contributed by atoms with Crippen LogP contribution in [0.4, 0.5) is 11.6 Å². The smallest absolute Gasteiger partial charge is 0.274 e. The van der Waals surface area contributed by atoms with Gasteiger partial charge in [-0.1, -0.05) is 29.8 Å². The minimum atomic E-state index is -0.233. The number of benzene rings is 2. The molecule has 0 aliphatic heterocycles. The van der Waals surface area contributed by atoms with Crippen molar-refractivity contribution in [3.63, 3.8) is 0 Å². The summed E-state index contributed by atoms with van der Waals surface area (Å²) in [5.74, 6) is 1.56. The van der Waals surface area contributed by atoms with E-state index in [4.69, 9.17) is 16.3 Å². The van der Waals surface area contributed by atoms with Crippen molar-refractivity contribution in [2.45, 2.75) is 13.1 Å². The summed E-state index contributed by atoms with van der Waals surface area (Å²) < 4.78 is 6.46. The summed E-state index contributed by atoms with van der Waals surface area (Å²) in [5.41, 5.74) is 2.26. The highest BCUT2D eigenvalue weighted by atomic mass is 35.5. The van der Waals surface area contributed by atoms with E-state index in [1.165, 1.54) is 10.6 Å². The molecular weight excluding hydrogens is 392 g/mol. The van der Waals surface area contributed by atoms with Gasteiger partial charge in [0.2, 0.25) is 5.95 Å². The molecule has 0 aliphatic carbocycles. The standard InChI is InChI=1S/C20H19ClN6O2/c1-29-17-7-5-13(6-8-17)11-23-19-25-20-24-16(10-18(28)27(20)26-19)12-22-15-4-2-3-14(21)9-15/h2-10,22H,11-12H2,1H3,(H2,23,24,25,26). The van der Waals surface area contributed by atoms with Crippen LogP contribution in [-0.4, -0.2) is 26.7 Å². The lowest BCUT2D eigenvalue weighted by atomic mass is 10.2. The van der Waals surface area contributed by atoms with Crippen LogP contribution in [-0.2, 0) is 13.1 Å². The average molecular weight is 411 g/mol. The first-order valence-electron chi connectivity index (χ1n) is 8.96. The van der Waals surface area contributed by atoms with Crippen LogP contribution >= 0.6 is 11.6 Å². The van der Waals surface area contributed by atoms with E-state index in [0.717, 1.165) is 17.0 Å². The molecule has 0 spiro atoms. The molecule has 2 aromatic carbocycles. The lowest BCUT2D eigenvalue weighted by Gasteiger charge is -2.05. The fourth-order valence-electron chi connectivity index (χ4n) is 2.82. The topological polar surface area (TPSA) is 96.3 Å². The molecule has 148 valence electrons. The van der Waals surface area contributed by atoms with E-state index >= 15 is 0 Å². The molecule has 0 aliphatic rings. The number of nitrogens with zero attached hydrogens (tertiary/aromatic N) is 3. The van der Waals surface area contributed by atoms with Crippen LogP contribution in [0.3, 0.4) is 0 Å². The highest BCUT2D eigenvalue weighted by Crippen LogP contribution is 2.16. The summed E-state index contributed by atoms with van der Waals surface area (Å²) in [5, 5.41) is 9.92. The normalized spacial score (nSPS) is 10.8. The molecule has 4 rings (SSSR count). The minimum Gasteiger partial charge on any atom is -0.497 e. The SMILES string of the molecule is COc1ccc(CNc2nc3nc(CNc4cccc(Cl)c4)cc(=O)n3[nH]2)cc1. The summed E-state index contributed by atoms with van der Waals surface area (Å²) in [4.78, 5) is 21.2. The van der Waals surface area contributed by atoms with Crippen LogP contribution in [0.25, 0.3) is 5.78 Å². The molecule has 8 nitrogen and oxygen atoms in total. The molecule has 0 fully saturated rings. The summed E-state index contributed by atoms with van der Waals surface area (Å²) in [6, 6.07) is 16.5. The number of fused-ring (bicyclic) bond motifs is 1. The van der Waals surface area contributed by atoms with E-state index in [9.17, 15) is 4.79 Å². The maximum absolute atomic E-state index is 12.4. The van der Waals surface area contributed by atoms with Gasteiger partial charge in [-0.25, -0.2) is 4.98 Å². The van der Waals surface area contributed by atoms with Crippen molar-refractivity contribution < 1.29 is 4.74 Å². The molecular formula is C20H19ClN6O2. The summed E-state index contributed by atoms with van der Waals surface area (Å²) >= 11 is 5.99. The van der Waals surface area contributed by atoms with E-state index in [1.54, 1.807) is 13.2 Å². The summed E-state index contributed by atoms with van der Waals surface area (Å²) in [7, 11) is 1.63. The van der Waals surface area contributed by atoms with E-state index in [-0.39, 0.29) is 5.56 Å². The second kappa shape index (κ2) is 8.24. The first kappa shape index (κ1) is 18.8. The molecule has 3 N–H and O–H groups in total. The zero-order valence-corrected chi connectivity index (χ0v) is 16.4. The number of H-pyrrole nitrogens is 1. The predicted octanol–water partition coefficient (Wildman–Crippen LogP) is 3.30. The second-order valence-corrected chi connectivity index (χ2v) is 6.80. The summed E-state index contributed by atoms with van der Waals surface area (Å²) in [6.07, 6.45) is 0. The number of halogens is 1. The van der Waals surface area contributed by atoms with Crippen molar-refractivity contribution in [3.8, 4) is 5.75 Å². The Kier molecular flexibility index (Phi) is 5.35. The van der Waals surface area contributed by atoms with Crippen LogP contribution in [0.1, 0.15) is 11.3 Å². The number of hydrogen-bond acceptors (Lipinski definition) is 6. The van der Waals surface area contributed by atoms with Gasteiger partial charge in [-0.05, 0) is 35.9 Å². The van der Waals surface area contributed by atoms with Crippen molar-refractivity contribution in [1.29, 1.82) is 0 Å². The van der Waals surface area contributed by atoms with Crippen LogP contribution in [0.2, 0.25) is 5.02 Å². The predicted molar refractivity (Wildman–Crippen MR) is 113 cm³/mol. The molecule has 0 saturated carbocycles. The fraction of sp³-hybridized carbons (Fsp3) is 0.150. The number of aromatic amines is 1. The van der Waals surface area contributed by atoms with Crippen LogP contribution in [0, 0.1) is 0 Å². The minimum absolute atomic E-state index is 0.233. The first-order valence-corrected chi connectivity index (χ1v) is 9.33. The zero-order valence-electron chi connectivity index (χ0n) is 15.6. The lowest BCUT2D eigenvalue weighted by molar-refractivity contribution is 0.414. The second-order valence-electron chi connectivity index (χ2n) is 6.36. The number of methoxy groups -OCH3 is 1. The number of hydrogen-bond donors (Lipinski definition) is 3. The monoisotopic (exact) mass is 410 g/mol. The van der Waals surface area contributed by atoms with Crippen molar-refractivity contribution in [1.82, 2.24) is 19.6 Å². The largest absolute Gasteiger partial charge is 0.497 e. The molecule has 4 aromatic rings. The van der Waals surface area contributed by atoms with Gasteiger partial charge in [0.15, 0.2) is 0 Å². The third-order valence-electron chi connectivity index (χ3n) is 4.30. The maximum atomic E-state index is 12.4. The van der Waals surface area contributed by atoms with Gasteiger partial charge < -0.3 is 15.4 Å². The van der Waals surface area contributed by atoms with Crippen molar-refractivity contribution in [2.24, 2.45) is 0 Å². The third kappa shape index (κ3) is 4.49. The van der Waals surface area contributed by atoms with Crippen LogP contribution in [0.15, 0.2) is 59.4 Å². The Bertz CT molecular complexity index is 1190. The highest BCUT2D eigenvalue weighted by molar-refractivity contribution is 6.30. The van der Waals surface area contributed by atoms with Crippen molar-refractivity contribution >= 4 is 29.0 Å². The Morgan fingerprint density at radius 2 is 1.90 bits per heavy atom. The zero-order chi connectivity index (χ0) is 20.2. The molecule has 0 atom stereocenters. The van der Waals surface area contributed by atoms with Crippen molar-refractivity contribution in [2.75, 3.05) is 17.7 Å². The van der Waals surface area contributed by atoms with E-state index in [1.807, 2.05) is 42.5 Å². The molecule has 2 aromatic heterocycles. The molecule has 2 heterocycles. The Morgan fingerprint density at radius 3 is 2.66 bits per heavy atom. The van der Waals surface area contributed by atoms with Gasteiger partial charge in [-0.3, -0.25) is 9.89 Å². The van der Waals surface area contributed by atoms with Gasteiger partial charge in [0.1, 0.15) is 5.75 Å². The number of nitrogens with one attached hydrogen (secondary N) is 3. The van der Waals surface area contributed by atoms with E-state index < -0.39 is 0 Å². The molecule has 29 heavy (non-hydrogen) atoms. The Balaban J connectivity index is 1.46. The molecule has 0 saturated heterocycles. The molecule has 0 bridgehead atoms. The lowest BCUT2D eigenvalue weighted by Crippen LogP contribution is -2.17. The van der Waals surface area contributed by atoms with Crippen molar-refractivity contribution in [3.05, 3.63) is 81.2 Å². The quantitative estimate of drug-likeness (QED) is 0.432. The van der Waals surface area contributed by atoms with Gasteiger partial charge >= 0.3 is 0 Å².